The molecule has 0 atom stereocenters. The van der Waals surface area contributed by atoms with Crippen LogP contribution in [-0.4, -0.2) is 26.8 Å². The zero-order chi connectivity index (χ0) is 17.9. The second-order valence-electron chi connectivity index (χ2n) is 5.41. The summed E-state index contributed by atoms with van der Waals surface area (Å²) in [5, 5.41) is 7.29. The normalized spacial score (nSPS) is 10.6. The zero-order valence-electron chi connectivity index (χ0n) is 13.4. The summed E-state index contributed by atoms with van der Waals surface area (Å²) in [5.74, 6) is -0.330. The molecule has 0 aliphatic heterocycles. The number of fused-ring (bicyclic) bond motifs is 1. The van der Waals surface area contributed by atoms with Crippen molar-refractivity contribution in [1.82, 2.24) is 15.0 Å². The van der Waals surface area contributed by atoms with E-state index in [-0.39, 0.29) is 11.6 Å². The molecule has 2 heterocycles. The van der Waals surface area contributed by atoms with E-state index in [1.165, 1.54) is 11.3 Å². The minimum absolute atomic E-state index is 0.207. The third-order valence-corrected chi connectivity index (χ3v) is 4.37. The predicted molar refractivity (Wildman–Crippen MR) is 101 cm³/mol. The first-order valence-electron chi connectivity index (χ1n) is 7.77. The number of nitrogens with zero attached hydrogens (tertiary/aromatic N) is 2. The standard InChI is InChI=1S/C18H13N5O2S/c24-15(11-6-2-1-3-7-11)23-18-21-14(10-26-18)16(25)22-17-19-12-8-4-5-9-13(12)20-17/h1-10H,(H,21,23,24)(H2,19,20,22,25). The number of carbonyl (C=O) groups excluding carboxylic acids is 2. The van der Waals surface area contributed by atoms with Gasteiger partial charge in [0.15, 0.2) is 5.13 Å². The number of hydrogen-bond donors (Lipinski definition) is 3. The second-order valence-corrected chi connectivity index (χ2v) is 6.27. The van der Waals surface area contributed by atoms with E-state index < -0.39 is 5.91 Å². The molecule has 7 nitrogen and oxygen atoms in total. The van der Waals surface area contributed by atoms with Crippen molar-refractivity contribution in [3.05, 3.63) is 71.2 Å². The smallest absolute Gasteiger partial charge is 0.277 e. The Morgan fingerprint density at radius 1 is 0.885 bits per heavy atom. The van der Waals surface area contributed by atoms with E-state index in [1.807, 2.05) is 30.3 Å². The first-order chi connectivity index (χ1) is 12.7. The molecule has 0 saturated heterocycles. The van der Waals surface area contributed by atoms with E-state index in [1.54, 1.807) is 29.6 Å². The summed E-state index contributed by atoms with van der Waals surface area (Å²) in [6.07, 6.45) is 0. The SMILES string of the molecule is O=C(Nc1nc(C(=O)Nc2nc3ccccc3[nH]2)cs1)c1ccccc1. The van der Waals surface area contributed by atoms with Crippen molar-refractivity contribution in [1.29, 1.82) is 0 Å². The fourth-order valence-electron chi connectivity index (χ4n) is 2.38. The van der Waals surface area contributed by atoms with Crippen LogP contribution in [0.4, 0.5) is 11.1 Å². The molecular formula is C18H13N5O2S. The van der Waals surface area contributed by atoms with Crippen LogP contribution in [0.1, 0.15) is 20.8 Å². The number of anilines is 2. The third-order valence-electron chi connectivity index (χ3n) is 3.61. The van der Waals surface area contributed by atoms with Gasteiger partial charge in [0.2, 0.25) is 5.95 Å². The van der Waals surface area contributed by atoms with Crippen molar-refractivity contribution in [2.24, 2.45) is 0 Å². The Hall–Kier alpha value is -3.52. The molecule has 0 aliphatic carbocycles. The lowest BCUT2D eigenvalue weighted by Crippen LogP contribution is -2.14. The monoisotopic (exact) mass is 363 g/mol. The molecule has 2 aromatic carbocycles. The summed E-state index contributed by atoms with van der Waals surface area (Å²) in [6.45, 7) is 0. The number of amides is 2. The summed E-state index contributed by atoms with van der Waals surface area (Å²) in [6, 6.07) is 16.3. The van der Waals surface area contributed by atoms with Crippen molar-refractivity contribution in [3.8, 4) is 0 Å². The lowest BCUT2D eigenvalue weighted by Gasteiger charge is -2.01. The molecule has 0 spiro atoms. The highest BCUT2D eigenvalue weighted by molar-refractivity contribution is 7.14. The van der Waals surface area contributed by atoms with Gasteiger partial charge in [0.1, 0.15) is 5.69 Å². The molecule has 128 valence electrons. The van der Waals surface area contributed by atoms with Crippen LogP contribution in [0.3, 0.4) is 0 Å². The summed E-state index contributed by atoms with van der Waals surface area (Å²) >= 11 is 1.18. The van der Waals surface area contributed by atoms with E-state index >= 15 is 0 Å². The molecule has 0 fully saturated rings. The van der Waals surface area contributed by atoms with Crippen LogP contribution in [0.15, 0.2) is 60.0 Å². The van der Waals surface area contributed by atoms with E-state index in [9.17, 15) is 9.59 Å². The van der Waals surface area contributed by atoms with Crippen LogP contribution in [0.2, 0.25) is 0 Å². The molecule has 3 N–H and O–H groups in total. The van der Waals surface area contributed by atoms with Crippen LogP contribution < -0.4 is 10.6 Å². The third kappa shape index (κ3) is 3.31. The predicted octanol–water partition coefficient (Wildman–Crippen LogP) is 3.52. The average Bonchev–Trinajstić information content (AvgIpc) is 3.28. The number of hydrogen-bond acceptors (Lipinski definition) is 5. The molecule has 0 saturated carbocycles. The number of thiazole rings is 1. The van der Waals surface area contributed by atoms with Gasteiger partial charge in [-0.15, -0.1) is 11.3 Å². The molecule has 26 heavy (non-hydrogen) atoms. The average molecular weight is 363 g/mol. The number of aromatic nitrogens is 3. The van der Waals surface area contributed by atoms with E-state index in [0.717, 1.165) is 11.0 Å². The number of rotatable bonds is 4. The van der Waals surface area contributed by atoms with Crippen LogP contribution in [0.25, 0.3) is 11.0 Å². The van der Waals surface area contributed by atoms with Crippen molar-refractivity contribution in [2.45, 2.75) is 0 Å². The minimum Gasteiger partial charge on any atom is -0.324 e. The van der Waals surface area contributed by atoms with Gasteiger partial charge in [-0.2, -0.15) is 0 Å². The van der Waals surface area contributed by atoms with Gasteiger partial charge in [0.05, 0.1) is 11.0 Å². The fourth-order valence-corrected chi connectivity index (χ4v) is 3.06. The highest BCUT2D eigenvalue weighted by atomic mass is 32.1. The van der Waals surface area contributed by atoms with Gasteiger partial charge in [0.25, 0.3) is 11.8 Å². The second kappa shape index (κ2) is 6.77. The summed E-state index contributed by atoms with van der Waals surface area (Å²) < 4.78 is 0. The van der Waals surface area contributed by atoms with Gasteiger partial charge in [-0.1, -0.05) is 30.3 Å². The summed E-state index contributed by atoms with van der Waals surface area (Å²) in [7, 11) is 0. The molecule has 2 aromatic heterocycles. The molecule has 8 heteroatoms. The summed E-state index contributed by atoms with van der Waals surface area (Å²) in [5.41, 5.74) is 2.32. The Bertz CT molecular complexity index is 1050. The van der Waals surface area contributed by atoms with Crippen molar-refractivity contribution in [2.75, 3.05) is 10.6 Å². The maximum atomic E-state index is 12.3. The minimum atomic E-state index is -0.402. The Labute approximate surface area is 152 Å². The fraction of sp³-hybridized carbons (Fsp3) is 0. The van der Waals surface area contributed by atoms with Crippen molar-refractivity contribution in [3.63, 3.8) is 0 Å². The van der Waals surface area contributed by atoms with Crippen LogP contribution in [0, 0.1) is 0 Å². The number of benzene rings is 2. The maximum absolute atomic E-state index is 12.3. The van der Waals surface area contributed by atoms with Gasteiger partial charge < -0.3 is 4.98 Å². The molecule has 0 radical (unpaired) electrons. The number of imidazole rings is 1. The van der Waals surface area contributed by atoms with E-state index in [2.05, 4.69) is 25.6 Å². The first kappa shape index (κ1) is 16.0. The van der Waals surface area contributed by atoms with Gasteiger partial charge in [0, 0.05) is 10.9 Å². The quantitative estimate of drug-likeness (QED) is 0.516. The number of para-hydroxylation sites is 2. The number of carbonyl (C=O) groups is 2. The molecule has 4 rings (SSSR count). The molecule has 0 aliphatic rings. The number of H-pyrrole nitrogens is 1. The van der Waals surface area contributed by atoms with Crippen molar-refractivity contribution < 1.29 is 9.59 Å². The number of nitrogens with one attached hydrogen (secondary N) is 3. The van der Waals surface area contributed by atoms with E-state index in [4.69, 9.17) is 0 Å². The van der Waals surface area contributed by atoms with Crippen LogP contribution in [0.5, 0.6) is 0 Å². The molecule has 0 bridgehead atoms. The van der Waals surface area contributed by atoms with Gasteiger partial charge >= 0.3 is 0 Å². The first-order valence-corrected chi connectivity index (χ1v) is 8.65. The van der Waals surface area contributed by atoms with Gasteiger partial charge in [-0.05, 0) is 24.3 Å². The topological polar surface area (TPSA) is 99.8 Å². The molecular weight excluding hydrogens is 350 g/mol. The number of aromatic amines is 1. The highest BCUT2D eigenvalue weighted by Gasteiger charge is 2.15. The molecule has 2 amide bonds. The highest BCUT2D eigenvalue weighted by Crippen LogP contribution is 2.18. The molecule has 4 aromatic rings. The Kier molecular flexibility index (Phi) is 4.16. The lowest BCUT2D eigenvalue weighted by atomic mass is 10.2. The van der Waals surface area contributed by atoms with Crippen LogP contribution >= 0.6 is 11.3 Å². The maximum Gasteiger partial charge on any atom is 0.277 e. The van der Waals surface area contributed by atoms with Gasteiger partial charge in [-0.3, -0.25) is 20.2 Å². The Morgan fingerprint density at radius 2 is 1.65 bits per heavy atom. The van der Waals surface area contributed by atoms with Crippen LogP contribution in [-0.2, 0) is 0 Å². The van der Waals surface area contributed by atoms with Gasteiger partial charge in [-0.25, -0.2) is 9.97 Å². The Morgan fingerprint density at radius 3 is 2.46 bits per heavy atom. The largest absolute Gasteiger partial charge is 0.324 e. The molecule has 0 unspecified atom stereocenters. The summed E-state index contributed by atoms with van der Waals surface area (Å²) in [4.78, 5) is 35.9. The lowest BCUT2D eigenvalue weighted by molar-refractivity contribution is 0.101. The van der Waals surface area contributed by atoms with E-state index in [0.29, 0.717) is 16.6 Å². The van der Waals surface area contributed by atoms with Crippen molar-refractivity contribution >= 4 is 45.3 Å². The zero-order valence-corrected chi connectivity index (χ0v) is 14.2. The Balaban J connectivity index is 1.45.